The highest BCUT2D eigenvalue weighted by molar-refractivity contribution is 6.74. The number of hydrogen-bond acceptors (Lipinski definition) is 10. The van der Waals surface area contributed by atoms with Crippen molar-refractivity contribution in [3.05, 3.63) is 41.5 Å². The summed E-state index contributed by atoms with van der Waals surface area (Å²) in [7, 11) is 2.81. The van der Waals surface area contributed by atoms with Gasteiger partial charge in [-0.1, -0.05) is 40.7 Å². The second kappa shape index (κ2) is 12.5. The largest absolute Gasteiger partial charge is 0.493 e. The molecule has 10 nitrogen and oxygen atoms in total. The van der Waals surface area contributed by atoms with Gasteiger partial charge in [-0.2, -0.15) is 0 Å². The number of carbonyl (C=O) groups excluding carboxylic acids is 1. The van der Waals surface area contributed by atoms with E-state index < -0.39 is 20.6 Å². The van der Waals surface area contributed by atoms with E-state index in [0.29, 0.717) is 57.4 Å². The lowest BCUT2D eigenvalue weighted by atomic mass is 9.83. The normalized spacial score (nSPS) is 23.9. The number of carbonyl (C=O) groups is 1. The van der Waals surface area contributed by atoms with Gasteiger partial charge in [-0.3, -0.25) is 0 Å². The van der Waals surface area contributed by atoms with Crippen molar-refractivity contribution in [1.29, 1.82) is 0 Å². The van der Waals surface area contributed by atoms with E-state index in [2.05, 4.69) is 47.7 Å². The fourth-order valence-corrected chi connectivity index (χ4v) is 7.40. The van der Waals surface area contributed by atoms with Gasteiger partial charge in [-0.25, -0.2) is 4.79 Å². The zero-order chi connectivity index (χ0) is 33.8. The Morgan fingerprint density at radius 3 is 2.21 bits per heavy atom. The van der Waals surface area contributed by atoms with Crippen molar-refractivity contribution >= 4 is 25.1 Å². The van der Waals surface area contributed by atoms with E-state index in [4.69, 9.17) is 42.3 Å². The average molecular weight is 667 g/mol. The van der Waals surface area contributed by atoms with Crippen LogP contribution in [0.1, 0.15) is 50.5 Å². The number of esters is 1. The quantitative estimate of drug-likeness (QED) is 0.170. The lowest BCUT2D eigenvalue weighted by Gasteiger charge is -2.45. The van der Waals surface area contributed by atoms with Crippen LogP contribution in [0.5, 0.6) is 28.7 Å². The van der Waals surface area contributed by atoms with Crippen LogP contribution in [-0.2, 0) is 25.2 Å². The number of benzene rings is 3. The maximum Gasteiger partial charge on any atom is 0.339 e. The molecular formula is C36H46O10Si. The minimum Gasteiger partial charge on any atom is -0.493 e. The molecule has 254 valence electrons. The molecule has 5 atom stereocenters. The van der Waals surface area contributed by atoms with Gasteiger partial charge in [0, 0.05) is 23.6 Å². The molecule has 1 fully saturated rings. The number of ether oxygens (including phenoxy) is 8. The monoisotopic (exact) mass is 666 g/mol. The molecule has 0 N–H and O–H groups in total. The van der Waals surface area contributed by atoms with Crippen molar-refractivity contribution in [1.82, 2.24) is 0 Å². The van der Waals surface area contributed by atoms with Crippen molar-refractivity contribution in [3.63, 3.8) is 0 Å². The van der Waals surface area contributed by atoms with Gasteiger partial charge >= 0.3 is 5.97 Å². The lowest BCUT2D eigenvalue weighted by molar-refractivity contribution is -0.249. The molecule has 3 heterocycles. The third-order valence-electron chi connectivity index (χ3n) is 10.5. The highest BCUT2D eigenvalue weighted by Crippen LogP contribution is 2.50. The van der Waals surface area contributed by atoms with Gasteiger partial charge in [0.15, 0.2) is 31.3 Å². The smallest absolute Gasteiger partial charge is 0.339 e. The predicted octanol–water partition coefficient (Wildman–Crippen LogP) is 7.34. The maximum atomic E-state index is 13.5. The van der Waals surface area contributed by atoms with E-state index in [1.54, 1.807) is 21.3 Å². The van der Waals surface area contributed by atoms with Crippen LogP contribution in [0.2, 0.25) is 18.1 Å². The summed E-state index contributed by atoms with van der Waals surface area (Å²) in [6.07, 6.45) is -1.39. The van der Waals surface area contributed by atoms with Gasteiger partial charge in [0.05, 0.1) is 32.5 Å². The molecular weight excluding hydrogens is 620 g/mol. The molecule has 0 spiro atoms. The molecule has 3 aromatic rings. The molecule has 0 saturated carbocycles. The first-order valence-electron chi connectivity index (χ1n) is 16.1. The SMILES string of the molecule is COc1cc2c(OC3OC(CO[Si](C)(C)C(C)(C)C)C(C)C(C)C3OC)c3c(c(-c4ccc5c(c4)OCO5)c2cc1OC)C(=O)OC3. The molecule has 0 aromatic heterocycles. The van der Waals surface area contributed by atoms with Crippen LogP contribution < -0.4 is 23.7 Å². The van der Waals surface area contributed by atoms with Crippen molar-refractivity contribution in [3.8, 4) is 39.9 Å². The van der Waals surface area contributed by atoms with Crippen LogP contribution in [0.15, 0.2) is 30.3 Å². The van der Waals surface area contributed by atoms with Gasteiger partial charge in [-0.15, -0.1) is 0 Å². The molecule has 0 bridgehead atoms. The summed E-state index contributed by atoms with van der Waals surface area (Å²) in [5, 5.41) is 1.50. The first-order chi connectivity index (χ1) is 22.3. The van der Waals surface area contributed by atoms with Crippen LogP contribution in [0.25, 0.3) is 21.9 Å². The molecule has 0 radical (unpaired) electrons. The summed E-state index contributed by atoms with van der Waals surface area (Å²) >= 11 is 0. The average Bonchev–Trinajstić information content (AvgIpc) is 3.67. The van der Waals surface area contributed by atoms with E-state index >= 15 is 0 Å². The van der Waals surface area contributed by atoms with Gasteiger partial charge in [0.1, 0.15) is 18.5 Å². The van der Waals surface area contributed by atoms with Crippen LogP contribution in [-0.4, -0.2) is 67.5 Å². The molecule has 1 saturated heterocycles. The topological polar surface area (TPSA) is 100 Å². The van der Waals surface area contributed by atoms with Gasteiger partial charge < -0.3 is 42.3 Å². The fourth-order valence-electron chi connectivity index (χ4n) is 6.39. The van der Waals surface area contributed by atoms with Crippen LogP contribution >= 0.6 is 0 Å². The van der Waals surface area contributed by atoms with E-state index in [9.17, 15) is 4.79 Å². The zero-order valence-electron chi connectivity index (χ0n) is 29.0. The molecule has 6 rings (SSSR count). The Morgan fingerprint density at radius 2 is 1.55 bits per heavy atom. The Morgan fingerprint density at radius 1 is 0.872 bits per heavy atom. The van der Waals surface area contributed by atoms with Crippen LogP contribution in [0, 0.1) is 11.8 Å². The van der Waals surface area contributed by atoms with E-state index in [-0.39, 0.29) is 42.5 Å². The van der Waals surface area contributed by atoms with Crippen molar-refractivity contribution < 1.29 is 47.1 Å². The third-order valence-corrected chi connectivity index (χ3v) is 15.0. The first kappa shape index (κ1) is 33.4. The van der Waals surface area contributed by atoms with Gasteiger partial charge in [-0.05, 0) is 65.2 Å². The third kappa shape index (κ3) is 5.81. The minimum absolute atomic E-state index is 0.0412. The zero-order valence-corrected chi connectivity index (χ0v) is 30.0. The highest BCUT2D eigenvalue weighted by atomic mass is 28.4. The minimum atomic E-state index is -2.03. The molecule has 47 heavy (non-hydrogen) atoms. The molecule has 3 aliphatic heterocycles. The maximum absolute atomic E-state index is 13.5. The Kier molecular flexibility index (Phi) is 8.88. The molecule has 3 aliphatic rings. The van der Waals surface area contributed by atoms with Crippen LogP contribution in [0.4, 0.5) is 0 Å². The Balaban J connectivity index is 1.48. The van der Waals surface area contributed by atoms with Gasteiger partial charge in [0.2, 0.25) is 13.1 Å². The Labute approximate surface area is 277 Å². The second-order valence-corrected chi connectivity index (χ2v) is 18.9. The second-order valence-electron chi connectivity index (χ2n) is 14.1. The van der Waals surface area contributed by atoms with E-state index in [1.807, 2.05) is 30.3 Å². The number of rotatable bonds is 9. The molecule has 0 amide bonds. The van der Waals surface area contributed by atoms with Crippen molar-refractivity contribution in [2.24, 2.45) is 11.8 Å². The van der Waals surface area contributed by atoms with E-state index in [1.165, 1.54) is 0 Å². The van der Waals surface area contributed by atoms with Crippen molar-refractivity contribution in [2.75, 3.05) is 34.7 Å². The van der Waals surface area contributed by atoms with Crippen LogP contribution in [0.3, 0.4) is 0 Å². The first-order valence-corrected chi connectivity index (χ1v) is 19.0. The number of methoxy groups -OCH3 is 3. The summed E-state index contributed by atoms with van der Waals surface area (Å²) in [6, 6.07) is 9.36. The highest BCUT2D eigenvalue weighted by Gasteiger charge is 2.46. The number of cyclic esters (lactones) is 1. The molecule has 5 unspecified atom stereocenters. The standard InChI is InChI=1S/C36H46O10Si/c1-19-20(2)32(40-8)35(45-29(19)17-44-47(9,10)36(3,4)5)46-33-23-15-27(39-7)26(38-6)14-22(23)30(31-24(33)16-41-34(31)37)21-11-12-25-28(13-21)43-18-42-25/h11-15,19-20,29,32,35H,16-18H2,1-10H3. The van der Waals surface area contributed by atoms with E-state index in [0.717, 1.165) is 10.9 Å². The van der Waals surface area contributed by atoms with Crippen molar-refractivity contribution in [2.45, 2.75) is 77.9 Å². The lowest BCUT2D eigenvalue weighted by Crippen LogP contribution is -2.55. The summed E-state index contributed by atoms with van der Waals surface area (Å²) < 4.78 is 54.7. The van der Waals surface area contributed by atoms with Gasteiger partial charge in [0.25, 0.3) is 0 Å². The summed E-state index contributed by atoms with van der Waals surface area (Å²) in [4.78, 5) is 13.5. The Hall–Kier alpha value is -3.51. The Bertz CT molecular complexity index is 1680. The molecule has 0 aliphatic carbocycles. The number of fused-ring (bicyclic) bond motifs is 3. The fraction of sp³-hybridized carbons (Fsp3) is 0.528. The summed E-state index contributed by atoms with van der Waals surface area (Å²) in [5.74, 6) is 2.54. The number of hydrogen-bond donors (Lipinski definition) is 0. The molecule has 3 aromatic carbocycles. The molecule has 11 heteroatoms. The predicted molar refractivity (Wildman–Crippen MR) is 179 cm³/mol. The summed E-state index contributed by atoms with van der Waals surface area (Å²) in [6.45, 7) is 16.1. The summed E-state index contributed by atoms with van der Waals surface area (Å²) in [5.41, 5.74) is 2.49.